The number of pyridine rings is 1. The number of methoxy groups -OCH3 is 1. The van der Waals surface area contributed by atoms with Crippen molar-refractivity contribution < 1.29 is 19.1 Å². The third kappa shape index (κ3) is 4.34. The zero-order valence-electron chi connectivity index (χ0n) is 18.5. The van der Waals surface area contributed by atoms with Crippen LogP contribution in [-0.4, -0.2) is 28.3 Å². The summed E-state index contributed by atoms with van der Waals surface area (Å²) in [6, 6.07) is 20.8. The van der Waals surface area contributed by atoms with Gasteiger partial charge in [0.25, 0.3) is 0 Å². The topological polar surface area (TPSA) is 87.8 Å². The molecule has 1 aliphatic heterocycles. The molecule has 0 spiro atoms. The number of thiocarbonyl (C=S) groups is 1. The fourth-order valence-corrected chi connectivity index (χ4v) is 4.74. The highest BCUT2D eigenvalue weighted by Crippen LogP contribution is 2.44. The lowest BCUT2D eigenvalue weighted by Gasteiger charge is -2.26. The fourth-order valence-electron chi connectivity index (χ4n) is 4.19. The van der Waals surface area contributed by atoms with E-state index in [0.717, 1.165) is 11.4 Å². The average Bonchev–Trinajstić information content (AvgIpc) is 3.49. The molecular weight excluding hydrogens is 486 g/mol. The Bertz CT molecular complexity index is 1410. The van der Waals surface area contributed by atoms with Crippen molar-refractivity contribution in [1.29, 1.82) is 0 Å². The predicted octanol–water partition coefficient (Wildman–Crippen LogP) is 5.88. The number of nitrogens with zero attached hydrogens (tertiary/aromatic N) is 2. The number of anilines is 1. The maximum absolute atomic E-state index is 11.5. The van der Waals surface area contributed by atoms with Crippen LogP contribution in [0.1, 0.15) is 33.9 Å². The lowest BCUT2D eigenvalue weighted by atomic mass is 10.0. The summed E-state index contributed by atoms with van der Waals surface area (Å²) in [5, 5.41) is 13.7. The molecule has 2 N–H and O–H groups in total. The Labute approximate surface area is 211 Å². The number of rotatable bonds is 6. The van der Waals surface area contributed by atoms with Crippen molar-refractivity contribution in [3.8, 4) is 17.1 Å². The van der Waals surface area contributed by atoms with E-state index in [0.29, 0.717) is 33.0 Å². The van der Waals surface area contributed by atoms with Crippen molar-refractivity contribution in [1.82, 2.24) is 10.3 Å². The summed E-state index contributed by atoms with van der Waals surface area (Å²) in [5.41, 5.74) is 2.24. The van der Waals surface area contributed by atoms with Crippen LogP contribution in [0.2, 0.25) is 5.02 Å². The number of carboxylic acids is 1. The van der Waals surface area contributed by atoms with Crippen molar-refractivity contribution in [2.45, 2.75) is 12.1 Å². The molecule has 4 aromatic rings. The number of halogens is 1. The van der Waals surface area contributed by atoms with Gasteiger partial charge in [-0.3, -0.25) is 4.98 Å². The molecule has 1 fully saturated rings. The first-order valence-corrected chi connectivity index (χ1v) is 11.5. The number of hydrogen-bond acceptors (Lipinski definition) is 5. The molecule has 1 aliphatic rings. The lowest BCUT2D eigenvalue weighted by molar-refractivity contribution is 0.0697. The molecule has 9 heteroatoms. The minimum Gasteiger partial charge on any atom is -0.497 e. The highest BCUT2D eigenvalue weighted by atomic mass is 35.5. The highest BCUT2D eigenvalue weighted by Gasteiger charge is 2.42. The molecule has 0 unspecified atom stereocenters. The van der Waals surface area contributed by atoms with E-state index in [1.165, 1.54) is 12.1 Å². The normalized spacial score (nSPS) is 17.3. The third-order valence-electron chi connectivity index (χ3n) is 5.83. The van der Waals surface area contributed by atoms with Crippen LogP contribution in [0, 0.1) is 0 Å². The Kier molecular flexibility index (Phi) is 6.15. The van der Waals surface area contributed by atoms with Crippen LogP contribution in [-0.2, 0) is 0 Å². The summed E-state index contributed by atoms with van der Waals surface area (Å²) in [5.74, 6) is 0.723. The lowest BCUT2D eigenvalue weighted by Crippen LogP contribution is -2.29. The van der Waals surface area contributed by atoms with Crippen LogP contribution in [0.5, 0.6) is 5.75 Å². The molecule has 176 valence electrons. The van der Waals surface area contributed by atoms with E-state index in [1.807, 2.05) is 53.4 Å². The van der Waals surface area contributed by atoms with Crippen molar-refractivity contribution >= 4 is 40.6 Å². The van der Waals surface area contributed by atoms with E-state index in [1.54, 1.807) is 25.4 Å². The van der Waals surface area contributed by atoms with Crippen molar-refractivity contribution in [2.75, 3.05) is 12.0 Å². The first-order chi connectivity index (χ1) is 17.0. The first kappa shape index (κ1) is 22.9. The van der Waals surface area contributed by atoms with Gasteiger partial charge in [-0.2, -0.15) is 0 Å². The first-order valence-electron chi connectivity index (χ1n) is 10.7. The number of carbonyl (C=O) groups is 1. The minimum absolute atomic E-state index is 0.121. The maximum atomic E-state index is 11.5. The van der Waals surface area contributed by atoms with E-state index in [9.17, 15) is 9.90 Å². The molecule has 2 aromatic heterocycles. The van der Waals surface area contributed by atoms with E-state index in [-0.39, 0.29) is 17.6 Å². The fraction of sp³-hybridized carbons (Fsp3) is 0.115. The predicted molar refractivity (Wildman–Crippen MR) is 137 cm³/mol. The van der Waals surface area contributed by atoms with Gasteiger partial charge in [-0.15, -0.1) is 0 Å². The number of ether oxygens (including phenoxy) is 1. The molecule has 0 amide bonds. The van der Waals surface area contributed by atoms with E-state index < -0.39 is 5.97 Å². The van der Waals surface area contributed by atoms with Crippen molar-refractivity contribution in [3.05, 3.63) is 101 Å². The highest BCUT2D eigenvalue weighted by molar-refractivity contribution is 7.80. The number of benzene rings is 2. The van der Waals surface area contributed by atoms with Gasteiger partial charge in [0.15, 0.2) is 5.11 Å². The van der Waals surface area contributed by atoms with Gasteiger partial charge in [0.2, 0.25) is 0 Å². The minimum atomic E-state index is -1.04. The Morgan fingerprint density at radius 1 is 1.14 bits per heavy atom. The number of aromatic nitrogens is 1. The SMILES string of the molecule is COc1cccc(N2C(=S)N[C@@H](c3ccccn3)[C@H]2c2ccc(-c3cc(C(=O)O)ccc3Cl)o2)c1. The molecule has 35 heavy (non-hydrogen) atoms. The van der Waals surface area contributed by atoms with Gasteiger partial charge in [-0.05, 0) is 66.8 Å². The van der Waals surface area contributed by atoms with Crippen LogP contribution in [0.25, 0.3) is 11.3 Å². The van der Waals surface area contributed by atoms with Gasteiger partial charge in [0, 0.05) is 23.5 Å². The van der Waals surface area contributed by atoms with Crippen LogP contribution in [0.3, 0.4) is 0 Å². The molecular formula is C26H20ClN3O4S. The zero-order chi connectivity index (χ0) is 24.5. The molecule has 0 radical (unpaired) electrons. The Balaban J connectivity index is 1.61. The Morgan fingerprint density at radius 2 is 2.00 bits per heavy atom. The number of furan rings is 1. The van der Waals surface area contributed by atoms with Crippen molar-refractivity contribution in [3.63, 3.8) is 0 Å². The van der Waals surface area contributed by atoms with E-state index in [4.69, 9.17) is 33.0 Å². The second kappa shape index (κ2) is 9.40. The molecule has 0 bridgehead atoms. The van der Waals surface area contributed by atoms with E-state index >= 15 is 0 Å². The second-order valence-corrected chi connectivity index (χ2v) is 8.69. The molecule has 2 atom stereocenters. The van der Waals surface area contributed by atoms with Crippen LogP contribution in [0.15, 0.2) is 83.4 Å². The Morgan fingerprint density at radius 3 is 2.74 bits per heavy atom. The van der Waals surface area contributed by atoms with Gasteiger partial charge in [-0.25, -0.2) is 4.79 Å². The van der Waals surface area contributed by atoms with Gasteiger partial charge in [-0.1, -0.05) is 23.7 Å². The number of hydrogen-bond donors (Lipinski definition) is 2. The van der Waals surface area contributed by atoms with Gasteiger partial charge < -0.3 is 24.5 Å². The van der Waals surface area contributed by atoms with Gasteiger partial charge >= 0.3 is 5.97 Å². The van der Waals surface area contributed by atoms with Crippen molar-refractivity contribution in [2.24, 2.45) is 0 Å². The summed E-state index contributed by atoms with van der Waals surface area (Å²) in [6.07, 6.45) is 1.73. The third-order valence-corrected chi connectivity index (χ3v) is 6.47. The molecule has 5 rings (SSSR count). The monoisotopic (exact) mass is 505 g/mol. The summed E-state index contributed by atoms with van der Waals surface area (Å²) in [7, 11) is 1.61. The second-order valence-electron chi connectivity index (χ2n) is 7.90. The summed E-state index contributed by atoms with van der Waals surface area (Å²) < 4.78 is 11.7. The summed E-state index contributed by atoms with van der Waals surface area (Å²) >= 11 is 12.1. The molecule has 0 saturated carbocycles. The average molecular weight is 506 g/mol. The zero-order valence-corrected chi connectivity index (χ0v) is 20.1. The quantitative estimate of drug-likeness (QED) is 0.314. The largest absolute Gasteiger partial charge is 0.497 e. The smallest absolute Gasteiger partial charge is 0.335 e. The number of aromatic carboxylic acids is 1. The molecule has 0 aliphatic carbocycles. The summed E-state index contributed by atoms with van der Waals surface area (Å²) in [6.45, 7) is 0. The molecule has 3 heterocycles. The standard InChI is InChI=1S/C26H20ClN3O4S/c1-33-17-6-4-5-16(14-17)30-24(23(29-26(30)35)20-7-2-3-12-28-20)22-11-10-21(34-22)18-13-15(25(31)32)8-9-19(18)27/h2-14,23-24H,1H3,(H,29,35)(H,31,32)/t23-,24+/m0/s1. The number of carboxylic acid groups (broad SMARTS) is 1. The number of nitrogens with one attached hydrogen (secondary N) is 1. The van der Waals surface area contributed by atoms with Gasteiger partial charge in [0.05, 0.1) is 29.4 Å². The summed E-state index contributed by atoms with van der Waals surface area (Å²) in [4.78, 5) is 18.0. The molecule has 2 aromatic carbocycles. The maximum Gasteiger partial charge on any atom is 0.335 e. The molecule has 7 nitrogen and oxygen atoms in total. The molecule has 1 saturated heterocycles. The van der Waals surface area contributed by atoms with Gasteiger partial charge in [0.1, 0.15) is 23.3 Å². The van der Waals surface area contributed by atoms with Crippen LogP contribution >= 0.6 is 23.8 Å². The Hall–Kier alpha value is -3.88. The van der Waals surface area contributed by atoms with Crippen LogP contribution in [0.4, 0.5) is 5.69 Å². The van der Waals surface area contributed by atoms with Crippen LogP contribution < -0.4 is 15.0 Å². The van der Waals surface area contributed by atoms with E-state index in [2.05, 4.69) is 10.3 Å².